The maximum Gasteiger partial charge on any atom is 0.202 e. The minimum Gasteiger partial charge on any atom is -0.507 e. The average Bonchev–Trinajstić information content (AvgIpc) is 3.33. The molecule has 0 radical (unpaired) electrons. The minimum atomic E-state index is 0.0683. The normalized spacial score (nSPS) is 12.0. The van der Waals surface area contributed by atoms with E-state index in [0.717, 1.165) is 112 Å². The van der Waals surface area contributed by atoms with Crippen LogP contribution < -0.4 is 41.1 Å². The van der Waals surface area contributed by atoms with Crippen LogP contribution in [0.1, 0.15) is 25.3 Å². The number of aromatic hydroxyl groups is 1. The summed E-state index contributed by atoms with van der Waals surface area (Å²) in [5, 5.41) is 11.4. The Labute approximate surface area is 387 Å². The van der Waals surface area contributed by atoms with E-state index in [0.29, 0.717) is 14.6 Å². The summed E-state index contributed by atoms with van der Waals surface area (Å²) < 4.78 is 14.6. The molecule has 0 unspecified atom stereocenters. The fourth-order valence-corrected chi connectivity index (χ4v) is 9.85. The average molecular weight is 859 g/mol. The lowest BCUT2D eigenvalue weighted by atomic mass is 9.54. The van der Waals surface area contributed by atoms with Crippen molar-refractivity contribution in [3.63, 3.8) is 0 Å². The Balaban J connectivity index is 1.09. The molecule has 8 heteroatoms. The van der Waals surface area contributed by atoms with E-state index in [2.05, 4.69) is 169 Å². The van der Waals surface area contributed by atoms with Crippen LogP contribution in [0.15, 0.2) is 205 Å². The summed E-state index contributed by atoms with van der Waals surface area (Å²) in [5.74, 6) is 3.51. The standard InChI is InChI=1S/C57H44B2N2O3S/c1-36(2)53-56-47(58-54-45(43-27-15-17-29-49(43)62)31-41(33-50(54)63-56)60(37-19-7-3-8-20-37)38-21-9-4-10-22-38)35-48-57(53)64-51-34-42(32-46(55(51)59-48)44-28-16-18-30-52(44)65)61(39-23-11-5-12-24-39)40-25-13-6-14-26-40/h3-36,58-59,62,65H,1-2H3. The summed E-state index contributed by atoms with van der Waals surface area (Å²) in [7, 11) is 1.27. The smallest absolute Gasteiger partial charge is 0.202 e. The molecule has 0 aromatic heterocycles. The van der Waals surface area contributed by atoms with Gasteiger partial charge in [-0.25, -0.2) is 0 Å². The zero-order chi connectivity index (χ0) is 44.0. The Morgan fingerprint density at radius 3 is 1.23 bits per heavy atom. The third-order valence-corrected chi connectivity index (χ3v) is 12.9. The maximum atomic E-state index is 11.4. The molecule has 2 heterocycles. The molecule has 11 rings (SSSR count). The van der Waals surface area contributed by atoms with Crippen molar-refractivity contribution >= 4 is 83.2 Å². The molecular weight excluding hydrogens is 814 g/mol. The van der Waals surface area contributed by atoms with E-state index in [-0.39, 0.29) is 11.7 Å². The molecule has 0 saturated heterocycles. The van der Waals surface area contributed by atoms with Gasteiger partial charge in [-0.15, -0.1) is 12.6 Å². The number of ether oxygens (including phenoxy) is 2. The number of benzene rings is 9. The molecule has 1 N–H and O–H groups in total. The first-order chi connectivity index (χ1) is 31.9. The molecule has 0 amide bonds. The van der Waals surface area contributed by atoms with Gasteiger partial charge in [-0.2, -0.15) is 0 Å². The molecule has 0 fully saturated rings. The summed E-state index contributed by atoms with van der Waals surface area (Å²) in [6.45, 7) is 4.44. The van der Waals surface area contributed by atoms with Crippen molar-refractivity contribution in [1.29, 1.82) is 0 Å². The van der Waals surface area contributed by atoms with Crippen molar-refractivity contribution in [1.82, 2.24) is 0 Å². The molecule has 0 aliphatic carbocycles. The molecule has 0 bridgehead atoms. The summed E-state index contributed by atoms with van der Waals surface area (Å²) in [6.07, 6.45) is 0. The third kappa shape index (κ3) is 7.40. The number of phenolic OH excluding ortho intramolecular Hbond substituents is 1. The van der Waals surface area contributed by atoms with Gasteiger partial charge in [0.15, 0.2) is 0 Å². The van der Waals surface area contributed by atoms with Crippen molar-refractivity contribution in [3.05, 3.63) is 206 Å². The molecule has 2 aliphatic heterocycles. The predicted molar refractivity (Wildman–Crippen MR) is 276 cm³/mol. The van der Waals surface area contributed by atoms with E-state index >= 15 is 0 Å². The van der Waals surface area contributed by atoms with Crippen molar-refractivity contribution in [2.24, 2.45) is 0 Å². The Morgan fingerprint density at radius 2 is 0.815 bits per heavy atom. The number of phenols is 1. The lowest BCUT2D eigenvalue weighted by Crippen LogP contribution is -2.42. The van der Waals surface area contributed by atoms with Gasteiger partial charge in [0.25, 0.3) is 0 Å². The quantitative estimate of drug-likeness (QED) is 0.112. The van der Waals surface area contributed by atoms with E-state index in [1.54, 1.807) is 6.07 Å². The second-order valence-electron chi connectivity index (χ2n) is 17.0. The van der Waals surface area contributed by atoms with Crippen molar-refractivity contribution in [3.8, 4) is 51.0 Å². The molecule has 9 aromatic rings. The van der Waals surface area contributed by atoms with Crippen molar-refractivity contribution in [2.75, 3.05) is 9.80 Å². The number of hydrogen-bond donors (Lipinski definition) is 2. The fraction of sp³-hybridized carbons (Fsp3) is 0.0526. The first kappa shape index (κ1) is 40.2. The van der Waals surface area contributed by atoms with Crippen LogP contribution in [-0.4, -0.2) is 19.7 Å². The highest BCUT2D eigenvalue weighted by Gasteiger charge is 2.34. The van der Waals surface area contributed by atoms with E-state index < -0.39 is 0 Å². The maximum absolute atomic E-state index is 11.4. The zero-order valence-corrected chi connectivity index (χ0v) is 37.0. The van der Waals surface area contributed by atoms with Crippen molar-refractivity contribution < 1.29 is 14.6 Å². The molecular formula is C57H44B2N2O3S. The number of nitrogens with zero attached hydrogens (tertiary/aromatic N) is 2. The van der Waals surface area contributed by atoms with Gasteiger partial charge in [0.1, 0.15) is 28.7 Å². The van der Waals surface area contributed by atoms with Gasteiger partial charge in [0.05, 0.1) is 11.4 Å². The Kier molecular flexibility index (Phi) is 10.4. The van der Waals surface area contributed by atoms with Crippen LogP contribution in [-0.2, 0) is 0 Å². The molecule has 0 atom stereocenters. The highest BCUT2D eigenvalue weighted by Crippen LogP contribution is 2.46. The highest BCUT2D eigenvalue weighted by molar-refractivity contribution is 7.80. The van der Waals surface area contributed by atoms with E-state index in [1.165, 1.54) is 0 Å². The molecule has 65 heavy (non-hydrogen) atoms. The van der Waals surface area contributed by atoms with Gasteiger partial charge in [-0.05, 0) is 117 Å². The van der Waals surface area contributed by atoms with Gasteiger partial charge in [-0.3, -0.25) is 0 Å². The Bertz CT molecular complexity index is 2930. The topological polar surface area (TPSA) is 45.2 Å². The van der Waals surface area contributed by atoms with Crippen LogP contribution in [0.25, 0.3) is 22.3 Å². The summed E-state index contributed by atoms with van der Waals surface area (Å²) >= 11 is 5.01. The van der Waals surface area contributed by atoms with Gasteiger partial charge < -0.3 is 24.4 Å². The van der Waals surface area contributed by atoms with Crippen LogP contribution in [0.3, 0.4) is 0 Å². The van der Waals surface area contributed by atoms with E-state index in [9.17, 15) is 5.11 Å². The van der Waals surface area contributed by atoms with Crippen LogP contribution in [0.5, 0.6) is 28.7 Å². The molecule has 0 spiro atoms. The van der Waals surface area contributed by atoms with Gasteiger partial charge in [0, 0.05) is 50.9 Å². The van der Waals surface area contributed by atoms with Gasteiger partial charge in [0.2, 0.25) is 14.6 Å². The second-order valence-corrected chi connectivity index (χ2v) is 17.4. The third-order valence-electron chi connectivity index (χ3n) is 12.5. The minimum absolute atomic E-state index is 0.0683. The van der Waals surface area contributed by atoms with E-state index in [4.69, 9.17) is 22.1 Å². The molecule has 2 aliphatic rings. The second kappa shape index (κ2) is 16.9. The summed E-state index contributed by atoms with van der Waals surface area (Å²) in [6, 6.07) is 68.7. The lowest BCUT2D eigenvalue weighted by Gasteiger charge is -2.33. The molecule has 312 valence electrons. The molecule has 0 saturated carbocycles. The monoisotopic (exact) mass is 858 g/mol. The number of fused-ring (bicyclic) bond motifs is 4. The van der Waals surface area contributed by atoms with Gasteiger partial charge in [-0.1, -0.05) is 129 Å². The lowest BCUT2D eigenvalue weighted by molar-refractivity contribution is 0.450. The molecule has 5 nitrogen and oxygen atoms in total. The number of rotatable bonds is 9. The van der Waals surface area contributed by atoms with Gasteiger partial charge >= 0.3 is 0 Å². The summed E-state index contributed by atoms with van der Waals surface area (Å²) in [4.78, 5) is 5.43. The van der Waals surface area contributed by atoms with E-state index in [1.807, 2.05) is 48.5 Å². The highest BCUT2D eigenvalue weighted by atomic mass is 32.1. The Hall–Kier alpha value is -7.54. The predicted octanol–water partition coefficient (Wildman–Crippen LogP) is 12.1. The summed E-state index contributed by atoms with van der Waals surface area (Å²) in [5.41, 5.74) is 15.2. The van der Waals surface area contributed by atoms with Crippen LogP contribution in [0.2, 0.25) is 0 Å². The number of anilines is 6. The Morgan fingerprint density at radius 1 is 0.431 bits per heavy atom. The first-order valence-corrected chi connectivity index (χ1v) is 22.6. The largest absolute Gasteiger partial charge is 0.507 e. The first-order valence-electron chi connectivity index (χ1n) is 22.1. The number of hydrogen-bond acceptors (Lipinski definition) is 6. The number of thiol groups is 1. The van der Waals surface area contributed by atoms with Crippen LogP contribution in [0.4, 0.5) is 34.1 Å². The number of para-hydroxylation sites is 5. The molecule has 9 aromatic carbocycles. The van der Waals surface area contributed by atoms with Crippen LogP contribution >= 0.6 is 12.6 Å². The van der Waals surface area contributed by atoms with Crippen LogP contribution in [0, 0.1) is 0 Å². The SMILES string of the molecule is CC(C)c1c2c(cc3c1Oc1cc(N(c4ccccc4)c4ccccc4)cc(-c4ccccc4S)c1B3)Bc1c(cc(N(c3ccccc3)c3ccccc3)cc1-c1ccccc1O)O2. The van der Waals surface area contributed by atoms with Crippen molar-refractivity contribution in [2.45, 2.75) is 24.7 Å². The fourth-order valence-electron chi connectivity index (χ4n) is 9.57. The zero-order valence-electron chi connectivity index (χ0n) is 36.1.